The molecular weight excluding hydrogens is 473 g/mol. The second kappa shape index (κ2) is 10.1. The van der Waals surface area contributed by atoms with Crippen molar-refractivity contribution in [2.75, 3.05) is 41.1 Å². The Kier molecular flexibility index (Phi) is 6.94. The average Bonchev–Trinajstić information content (AvgIpc) is 3.50. The molecule has 3 heterocycles. The van der Waals surface area contributed by atoms with Crippen molar-refractivity contribution >= 4 is 35.0 Å². The van der Waals surface area contributed by atoms with Gasteiger partial charge in [0.1, 0.15) is 18.1 Å². The lowest BCUT2D eigenvalue weighted by atomic mass is 10.1. The van der Waals surface area contributed by atoms with Crippen molar-refractivity contribution in [3.05, 3.63) is 48.1 Å². The first-order valence-corrected chi connectivity index (χ1v) is 10.7. The number of ketones is 1. The quantitative estimate of drug-likeness (QED) is 0.311. The molecule has 0 radical (unpaired) electrons. The molecule has 1 aromatic heterocycles. The number of amides is 1. The van der Waals surface area contributed by atoms with E-state index in [-0.39, 0.29) is 45.0 Å². The van der Waals surface area contributed by atoms with E-state index in [2.05, 4.69) is 5.16 Å². The highest BCUT2D eigenvalue weighted by atomic mass is 19.2. The number of aromatic nitrogens is 1. The third-order valence-corrected chi connectivity index (χ3v) is 5.45. The van der Waals surface area contributed by atoms with E-state index < -0.39 is 47.0 Å². The molecule has 0 aliphatic carbocycles. The van der Waals surface area contributed by atoms with Crippen LogP contribution in [0.4, 0.5) is 35.2 Å². The van der Waals surface area contributed by atoms with Gasteiger partial charge in [0.25, 0.3) is 0 Å². The van der Waals surface area contributed by atoms with E-state index in [1.807, 2.05) is 0 Å². The minimum absolute atomic E-state index is 0.0176. The number of nitrogens with zero attached hydrogens (tertiary/aromatic N) is 4. The molecule has 35 heavy (non-hydrogen) atoms. The molecule has 13 heteroatoms. The Labute approximate surface area is 197 Å². The highest BCUT2D eigenvalue weighted by Gasteiger charge is 2.37. The average molecular weight is 494 g/mol. The van der Waals surface area contributed by atoms with Gasteiger partial charge in [-0.05, 0) is 6.08 Å². The lowest BCUT2D eigenvalue weighted by Gasteiger charge is -2.25. The summed E-state index contributed by atoms with van der Waals surface area (Å²) in [5.41, 5.74) is -1.28. The summed E-state index contributed by atoms with van der Waals surface area (Å²) in [7, 11) is 0. The third-order valence-electron chi connectivity index (χ3n) is 5.45. The van der Waals surface area contributed by atoms with Crippen molar-refractivity contribution in [2.45, 2.75) is 25.9 Å². The van der Waals surface area contributed by atoms with Crippen molar-refractivity contribution in [1.29, 1.82) is 0 Å². The van der Waals surface area contributed by atoms with E-state index in [1.165, 1.54) is 23.4 Å². The highest BCUT2D eigenvalue weighted by Crippen LogP contribution is 2.35. The molecule has 0 unspecified atom stereocenters. The summed E-state index contributed by atoms with van der Waals surface area (Å²) < 4.78 is 59.8. The molecule has 0 N–H and O–H groups in total. The molecule has 10 nitrogen and oxygen atoms in total. The summed E-state index contributed by atoms with van der Waals surface area (Å²) in [5, 5.41) is 3.77. The molecular formula is C22H21F3N4O6. The first kappa shape index (κ1) is 24.1. The summed E-state index contributed by atoms with van der Waals surface area (Å²) >= 11 is 0. The first-order valence-electron chi connectivity index (χ1n) is 10.7. The van der Waals surface area contributed by atoms with E-state index in [0.29, 0.717) is 11.9 Å². The molecule has 4 rings (SSSR count). The number of esters is 1. The Morgan fingerprint density at radius 2 is 2.09 bits per heavy atom. The summed E-state index contributed by atoms with van der Waals surface area (Å²) in [4.78, 5) is 38.7. The lowest BCUT2D eigenvalue weighted by Crippen LogP contribution is -2.37. The minimum Gasteiger partial charge on any atom is -0.444 e. The van der Waals surface area contributed by atoms with Crippen LogP contribution in [0.25, 0.3) is 0 Å². The van der Waals surface area contributed by atoms with E-state index in [4.69, 9.17) is 14.0 Å². The number of benzene rings is 1. The number of cyclic esters (lactones) is 1. The molecule has 1 aromatic carbocycles. The van der Waals surface area contributed by atoms with Gasteiger partial charge < -0.3 is 23.8 Å². The van der Waals surface area contributed by atoms with Gasteiger partial charge in [-0.1, -0.05) is 12.1 Å². The Morgan fingerprint density at radius 1 is 1.29 bits per heavy atom. The molecule has 1 fully saturated rings. The number of carbonyl (C=O) groups excluding carboxylic acids is 3. The van der Waals surface area contributed by atoms with Gasteiger partial charge in [0, 0.05) is 37.7 Å². The number of halogens is 3. The Hall–Kier alpha value is -4.03. The molecule has 0 bridgehead atoms. The normalized spacial score (nSPS) is 17.7. The van der Waals surface area contributed by atoms with Gasteiger partial charge in [0.15, 0.2) is 35.8 Å². The fourth-order valence-corrected chi connectivity index (χ4v) is 3.67. The predicted molar refractivity (Wildman–Crippen MR) is 115 cm³/mol. The summed E-state index contributed by atoms with van der Waals surface area (Å²) in [5.74, 6) is -4.42. The Morgan fingerprint density at radius 3 is 2.74 bits per heavy atom. The van der Waals surface area contributed by atoms with Gasteiger partial charge in [-0.3, -0.25) is 14.5 Å². The number of allylic oxidation sites excluding steroid dienone is 1. The van der Waals surface area contributed by atoms with Crippen molar-refractivity contribution in [1.82, 2.24) is 5.16 Å². The number of anilines is 3. The largest absolute Gasteiger partial charge is 0.444 e. The van der Waals surface area contributed by atoms with Gasteiger partial charge >= 0.3 is 12.1 Å². The maximum absolute atomic E-state index is 15.0. The van der Waals surface area contributed by atoms with Crippen LogP contribution in [0.15, 0.2) is 35.2 Å². The van der Waals surface area contributed by atoms with E-state index in [9.17, 15) is 27.6 Å². The number of carbonyl (C=O) groups is 3. The molecule has 0 spiro atoms. The Bertz CT molecular complexity index is 1160. The van der Waals surface area contributed by atoms with Gasteiger partial charge in [-0.25, -0.2) is 18.0 Å². The lowest BCUT2D eigenvalue weighted by molar-refractivity contribution is -0.143. The van der Waals surface area contributed by atoms with Crippen molar-refractivity contribution in [3.63, 3.8) is 0 Å². The van der Waals surface area contributed by atoms with Gasteiger partial charge in [-0.15, -0.1) is 0 Å². The van der Waals surface area contributed by atoms with E-state index >= 15 is 0 Å². The highest BCUT2D eigenvalue weighted by molar-refractivity contribution is 5.92. The maximum atomic E-state index is 15.0. The second-order valence-corrected chi connectivity index (χ2v) is 7.77. The van der Waals surface area contributed by atoms with Crippen LogP contribution in [0, 0.1) is 17.5 Å². The summed E-state index contributed by atoms with van der Waals surface area (Å²) in [6.07, 6.45) is 1.91. The summed E-state index contributed by atoms with van der Waals surface area (Å²) in [6, 6.07) is 2.21. The molecule has 2 aromatic rings. The molecule has 186 valence electrons. The SMILES string of the molecule is CCC(=O)OCN(C[C@H]1CN(c2cc(F)c(N3C=CC(=O)CC3)c(F)c2F)C(=O)O1)c1ccon1. The van der Waals surface area contributed by atoms with E-state index in [0.717, 1.165) is 15.9 Å². The second-order valence-electron chi connectivity index (χ2n) is 7.77. The zero-order chi connectivity index (χ0) is 25.1. The van der Waals surface area contributed by atoms with Gasteiger partial charge in [-0.2, -0.15) is 0 Å². The van der Waals surface area contributed by atoms with Crippen LogP contribution in [0.3, 0.4) is 0 Å². The first-order chi connectivity index (χ1) is 16.8. The standard InChI is InChI=1S/C22H21F3N4O6/c1-2-18(31)33-12-28(17-5-8-34-26-17)10-14-11-29(22(32)35-14)16-9-15(23)21(20(25)19(16)24)27-6-3-13(30)4-7-27/h3,5-6,8-9,14H,2,4,7,10-12H2,1H3/t14-/m0/s1. The van der Waals surface area contributed by atoms with Crippen LogP contribution in [-0.4, -0.2) is 55.5 Å². The fourth-order valence-electron chi connectivity index (χ4n) is 3.67. The molecule has 2 aliphatic rings. The molecule has 1 amide bonds. The number of rotatable bonds is 8. The van der Waals surface area contributed by atoms with Crippen LogP contribution < -0.4 is 14.7 Å². The zero-order valence-corrected chi connectivity index (χ0v) is 18.6. The number of ether oxygens (including phenoxy) is 2. The third kappa shape index (κ3) is 5.08. The van der Waals surface area contributed by atoms with Gasteiger partial charge in [0.05, 0.1) is 18.8 Å². The predicted octanol–water partition coefficient (Wildman–Crippen LogP) is 3.13. The Balaban J connectivity index is 1.52. The van der Waals surface area contributed by atoms with Crippen molar-refractivity contribution < 1.29 is 41.6 Å². The number of hydrogen-bond acceptors (Lipinski definition) is 9. The van der Waals surface area contributed by atoms with Crippen LogP contribution in [0.2, 0.25) is 0 Å². The smallest absolute Gasteiger partial charge is 0.414 e. The monoisotopic (exact) mass is 494 g/mol. The van der Waals surface area contributed by atoms with Crippen molar-refractivity contribution in [2.24, 2.45) is 0 Å². The molecule has 0 saturated carbocycles. The number of hydrogen-bond donors (Lipinski definition) is 0. The van der Waals surface area contributed by atoms with Crippen LogP contribution in [0.5, 0.6) is 0 Å². The summed E-state index contributed by atoms with van der Waals surface area (Å²) in [6.45, 7) is 1.13. The fraction of sp³-hybridized carbons (Fsp3) is 0.364. The molecule has 2 aliphatic heterocycles. The van der Waals surface area contributed by atoms with E-state index in [1.54, 1.807) is 6.92 Å². The minimum atomic E-state index is -1.49. The maximum Gasteiger partial charge on any atom is 0.414 e. The van der Waals surface area contributed by atoms with Gasteiger partial charge in [0.2, 0.25) is 0 Å². The molecule has 1 atom stereocenters. The van der Waals surface area contributed by atoms with Crippen LogP contribution in [-0.2, 0) is 19.1 Å². The topological polar surface area (TPSA) is 105 Å². The van der Waals surface area contributed by atoms with Crippen molar-refractivity contribution in [3.8, 4) is 0 Å². The van der Waals surface area contributed by atoms with Crippen LogP contribution >= 0.6 is 0 Å². The zero-order valence-electron chi connectivity index (χ0n) is 18.6. The van der Waals surface area contributed by atoms with Crippen LogP contribution in [0.1, 0.15) is 19.8 Å². The molecule has 1 saturated heterocycles.